The molecule has 0 saturated carbocycles. The second kappa shape index (κ2) is 10.7. The van der Waals surface area contributed by atoms with Gasteiger partial charge in [-0.25, -0.2) is 5.43 Å². The van der Waals surface area contributed by atoms with Gasteiger partial charge in [-0.05, 0) is 42.2 Å². The van der Waals surface area contributed by atoms with Crippen molar-refractivity contribution in [1.82, 2.24) is 25.2 Å². The van der Waals surface area contributed by atoms with Crippen molar-refractivity contribution in [2.24, 2.45) is 5.10 Å². The monoisotopic (exact) mass is 484 g/mol. The van der Waals surface area contributed by atoms with Gasteiger partial charge in [-0.15, -0.1) is 10.2 Å². The molecule has 2 aromatic carbocycles. The molecule has 178 valence electrons. The van der Waals surface area contributed by atoms with Crippen molar-refractivity contribution in [3.05, 3.63) is 90.3 Å². The number of thioether (sulfide) groups is 1. The van der Waals surface area contributed by atoms with E-state index in [1.54, 1.807) is 12.4 Å². The van der Waals surface area contributed by atoms with Gasteiger partial charge in [-0.1, -0.05) is 75.0 Å². The maximum Gasteiger partial charge on any atom is 0.250 e. The lowest BCUT2D eigenvalue weighted by Gasteiger charge is -2.19. The number of hydrazone groups is 1. The van der Waals surface area contributed by atoms with Crippen LogP contribution in [0.5, 0.6) is 0 Å². The summed E-state index contributed by atoms with van der Waals surface area (Å²) in [5, 5.41) is 13.7. The second-order valence-electron chi connectivity index (χ2n) is 9.06. The molecular formula is C27H28N6OS. The van der Waals surface area contributed by atoms with E-state index in [2.05, 4.69) is 70.7 Å². The van der Waals surface area contributed by atoms with Crippen LogP contribution in [-0.4, -0.2) is 37.1 Å². The predicted molar refractivity (Wildman–Crippen MR) is 141 cm³/mol. The van der Waals surface area contributed by atoms with Crippen LogP contribution >= 0.6 is 11.8 Å². The number of nitrogens with one attached hydrogen (secondary N) is 1. The van der Waals surface area contributed by atoms with Gasteiger partial charge < -0.3 is 0 Å². The molecule has 2 heterocycles. The largest absolute Gasteiger partial charge is 0.272 e. The fourth-order valence-corrected chi connectivity index (χ4v) is 4.19. The van der Waals surface area contributed by atoms with Gasteiger partial charge in [0.25, 0.3) is 5.91 Å². The highest BCUT2D eigenvalue weighted by Gasteiger charge is 2.19. The van der Waals surface area contributed by atoms with Crippen LogP contribution in [-0.2, 0) is 10.2 Å². The van der Waals surface area contributed by atoms with E-state index in [9.17, 15) is 4.79 Å². The van der Waals surface area contributed by atoms with Crippen molar-refractivity contribution < 1.29 is 4.79 Å². The normalized spacial score (nSPS) is 11.9. The van der Waals surface area contributed by atoms with Crippen LogP contribution in [0.4, 0.5) is 0 Å². The summed E-state index contributed by atoms with van der Waals surface area (Å²) in [5.74, 6) is 0.661. The zero-order valence-electron chi connectivity index (χ0n) is 20.3. The highest BCUT2D eigenvalue weighted by Crippen LogP contribution is 2.30. The highest BCUT2D eigenvalue weighted by atomic mass is 32.2. The molecule has 0 unspecified atom stereocenters. The van der Waals surface area contributed by atoms with Gasteiger partial charge in [0.2, 0.25) is 0 Å². The van der Waals surface area contributed by atoms with Gasteiger partial charge in [0.05, 0.1) is 11.5 Å². The Hall–Kier alpha value is -3.78. The van der Waals surface area contributed by atoms with Crippen LogP contribution in [0.3, 0.4) is 0 Å². The molecule has 0 radical (unpaired) electrons. The average molecular weight is 485 g/mol. The van der Waals surface area contributed by atoms with Crippen molar-refractivity contribution in [3.63, 3.8) is 0 Å². The third-order valence-corrected chi connectivity index (χ3v) is 6.36. The van der Waals surface area contributed by atoms with Gasteiger partial charge >= 0.3 is 0 Å². The smallest absolute Gasteiger partial charge is 0.250 e. The number of hydrogen-bond donors (Lipinski definition) is 1. The number of carbonyl (C=O) groups is 1. The van der Waals surface area contributed by atoms with E-state index in [0.717, 1.165) is 22.6 Å². The van der Waals surface area contributed by atoms with Crippen LogP contribution in [0.15, 0.2) is 89.4 Å². The third kappa shape index (κ3) is 6.02. The van der Waals surface area contributed by atoms with Crippen molar-refractivity contribution in [2.45, 2.75) is 38.3 Å². The molecule has 0 aliphatic carbocycles. The van der Waals surface area contributed by atoms with Gasteiger partial charge in [-0.3, -0.25) is 14.3 Å². The molecule has 35 heavy (non-hydrogen) atoms. The molecule has 1 N–H and O–H groups in total. The Balaban J connectivity index is 1.54. The van der Waals surface area contributed by atoms with Crippen LogP contribution in [0, 0.1) is 0 Å². The molecule has 0 spiro atoms. The number of aromatic nitrogens is 4. The minimum atomic E-state index is -0.220. The van der Waals surface area contributed by atoms with Crippen LogP contribution in [0.1, 0.15) is 38.8 Å². The first-order valence-corrected chi connectivity index (χ1v) is 12.3. The standard InChI is InChI=1S/C27H28N6OS/c1-19(20-14-16-28-17-15-20)29-30-24(34)18-35-26-32-31-25(33(26)23-8-6-5-7-9-23)21-10-12-22(13-11-21)27(2,3)4/h5-17H,18H2,1-4H3,(H,30,34). The predicted octanol–water partition coefficient (Wildman–Crippen LogP) is 5.26. The maximum absolute atomic E-state index is 12.5. The highest BCUT2D eigenvalue weighted by molar-refractivity contribution is 7.99. The molecule has 0 fully saturated rings. The molecule has 0 atom stereocenters. The molecule has 8 heteroatoms. The summed E-state index contributed by atoms with van der Waals surface area (Å²) in [7, 11) is 0. The zero-order chi connectivity index (χ0) is 24.8. The lowest BCUT2D eigenvalue weighted by Crippen LogP contribution is -2.21. The summed E-state index contributed by atoms with van der Waals surface area (Å²) in [4.78, 5) is 16.5. The molecule has 7 nitrogen and oxygen atoms in total. The maximum atomic E-state index is 12.5. The van der Waals surface area contributed by atoms with Gasteiger partial charge in [0.1, 0.15) is 0 Å². The van der Waals surface area contributed by atoms with Crippen LogP contribution in [0.2, 0.25) is 0 Å². The fraction of sp³-hybridized carbons (Fsp3) is 0.222. The Kier molecular flexibility index (Phi) is 7.41. The van der Waals surface area contributed by atoms with Crippen molar-refractivity contribution >= 4 is 23.4 Å². The Morgan fingerprint density at radius 2 is 1.66 bits per heavy atom. The third-order valence-electron chi connectivity index (χ3n) is 5.44. The molecule has 2 aromatic heterocycles. The molecule has 0 aliphatic heterocycles. The van der Waals surface area contributed by atoms with Crippen molar-refractivity contribution in [3.8, 4) is 17.1 Å². The average Bonchev–Trinajstić information content (AvgIpc) is 3.30. The summed E-state index contributed by atoms with van der Waals surface area (Å²) in [6, 6.07) is 22.0. The first-order chi connectivity index (χ1) is 16.8. The Bertz CT molecular complexity index is 1310. The second-order valence-corrected chi connectivity index (χ2v) is 10.0. The number of carbonyl (C=O) groups excluding carboxylic acids is 1. The lowest BCUT2D eigenvalue weighted by atomic mass is 9.87. The molecule has 4 aromatic rings. The minimum absolute atomic E-state index is 0.0677. The fourth-order valence-electron chi connectivity index (χ4n) is 3.45. The summed E-state index contributed by atoms with van der Waals surface area (Å²) < 4.78 is 1.98. The lowest BCUT2D eigenvalue weighted by molar-refractivity contribution is -0.118. The molecule has 0 saturated heterocycles. The molecular weight excluding hydrogens is 456 g/mol. The quantitative estimate of drug-likeness (QED) is 0.220. The van der Waals surface area contributed by atoms with E-state index in [0.29, 0.717) is 10.9 Å². The van der Waals surface area contributed by atoms with E-state index in [1.807, 2.05) is 54.0 Å². The van der Waals surface area contributed by atoms with Gasteiger partial charge in [0.15, 0.2) is 11.0 Å². The van der Waals surface area contributed by atoms with Crippen molar-refractivity contribution in [2.75, 3.05) is 5.75 Å². The van der Waals surface area contributed by atoms with Gasteiger partial charge in [0, 0.05) is 29.2 Å². The number of benzene rings is 2. The van der Waals surface area contributed by atoms with Crippen LogP contribution in [0.25, 0.3) is 17.1 Å². The Morgan fingerprint density at radius 3 is 2.31 bits per heavy atom. The number of rotatable bonds is 7. The molecule has 1 amide bonds. The first kappa shape index (κ1) is 24.3. The Labute approximate surface area is 209 Å². The number of para-hydroxylation sites is 1. The van der Waals surface area contributed by atoms with Gasteiger partial charge in [-0.2, -0.15) is 5.10 Å². The van der Waals surface area contributed by atoms with E-state index >= 15 is 0 Å². The van der Waals surface area contributed by atoms with E-state index in [4.69, 9.17) is 0 Å². The topological polar surface area (TPSA) is 85.1 Å². The Morgan fingerprint density at radius 1 is 0.971 bits per heavy atom. The number of hydrogen-bond acceptors (Lipinski definition) is 6. The summed E-state index contributed by atoms with van der Waals surface area (Å²) >= 11 is 1.32. The number of nitrogens with zero attached hydrogens (tertiary/aromatic N) is 5. The summed E-state index contributed by atoms with van der Waals surface area (Å²) in [6.45, 7) is 8.41. The van der Waals surface area contributed by atoms with E-state index < -0.39 is 0 Å². The molecule has 0 aliphatic rings. The van der Waals surface area contributed by atoms with Crippen molar-refractivity contribution in [1.29, 1.82) is 0 Å². The SMILES string of the molecule is CC(=NNC(=O)CSc1nnc(-c2ccc(C(C)(C)C)cc2)n1-c1ccccc1)c1ccncc1. The van der Waals surface area contributed by atoms with E-state index in [1.165, 1.54) is 17.3 Å². The zero-order valence-corrected chi connectivity index (χ0v) is 21.1. The first-order valence-electron chi connectivity index (χ1n) is 11.3. The molecule has 4 rings (SSSR count). The van der Waals surface area contributed by atoms with Crippen LogP contribution < -0.4 is 5.43 Å². The number of pyridine rings is 1. The minimum Gasteiger partial charge on any atom is -0.272 e. The number of amides is 1. The summed E-state index contributed by atoms with van der Waals surface area (Å²) in [6.07, 6.45) is 3.38. The summed E-state index contributed by atoms with van der Waals surface area (Å²) in [5.41, 5.74) is 7.44. The molecule has 0 bridgehead atoms. The van der Waals surface area contributed by atoms with E-state index in [-0.39, 0.29) is 17.1 Å².